The Morgan fingerprint density at radius 1 is 1.33 bits per heavy atom. The van der Waals surface area contributed by atoms with E-state index in [1.165, 1.54) is 0 Å². The van der Waals surface area contributed by atoms with E-state index in [-0.39, 0.29) is 6.04 Å². The van der Waals surface area contributed by atoms with Crippen LogP contribution in [0.4, 0.5) is 0 Å². The Bertz CT molecular complexity index is 330. The van der Waals surface area contributed by atoms with Gasteiger partial charge in [-0.15, -0.1) is 0 Å². The van der Waals surface area contributed by atoms with Crippen molar-refractivity contribution in [3.63, 3.8) is 0 Å². The molecule has 6 nitrogen and oxygen atoms in total. The Hall–Kier alpha value is -0.690. The van der Waals surface area contributed by atoms with Crippen molar-refractivity contribution in [1.29, 1.82) is 0 Å². The predicted molar refractivity (Wildman–Crippen MR) is 80.8 cm³/mol. The van der Waals surface area contributed by atoms with E-state index in [9.17, 15) is 4.79 Å². The van der Waals surface area contributed by atoms with Crippen molar-refractivity contribution in [3.8, 4) is 0 Å². The lowest BCUT2D eigenvalue weighted by molar-refractivity contribution is -0.251. The first kappa shape index (κ1) is 18.4. The number of nitrogens with two attached hydrogens (primary N) is 1. The van der Waals surface area contributed by atoms with Crippen LogP contribution in [0.1, 0.15) is 47.5 Å². The number of rotatable bonds is 6. The molecule has 0 aromatic carbocycles. The fourth-order valence-electron chi connectivity index (χ4n) is 2.58. The van der Waals surface area contributed by atoms with Gasteiger partial charge in [-0.2, -0.15) is 0 Å². The van der Waals surface area contributed by atoms with E-state index in [0.29, 0.717) is 26.2 Å². The molecule has 0 saturated carbocycles. The molecule has 1 saturated heterocycles. The molecule has 0 spiro atoms. The molecular formula is C15H30N2O4. The summed E-state index contributed by atoms with van der Waals surface area (Å²) in [6, 6.07) is -0.948. The molecule has 1 aliphatic rings. The largest absolute Gasteiger partial charge is 0.459 e. The Balaban J connectivity index is 2.71. The van der Waals surface area contributed by atoms with E-state index >= 15 is 0 Å². The highest BCUT2D eigenvalue weighted by molar-refractivity contribution is 5.76. The van der Waals surface area contributed by atoms with Crippen molar-refractivity contribution < 1.29 is 19.0 Å². The predicted octanol–water partition coefficient (Wildman–Crippen LogP) is 1.18. The number of carbonyl (C=O) groups is 1. The first-order valence-corrected chi connectivity index (χ1v) is 7.73. The number of hydrogen-bond donors (Lipinski definition) is 2. The minimum Gasteiger partial charge on any atom is -0.459 e. The van der Waals surface area contributed by atoms with Crippen LogP contribution in [0.3, 0.4) is 0 Å². The van der Waals surface area contributed by atoms with Crippen molar-refractivity contribution in [3.05, 3.63) is 0 Å². The Morgan fingerprint density at radius 2 is 1.90 bits per heavy atom. The quantitative estimate of drug-likeness (QED) is 0.566. The van der Waals surface area contributed by atoms with Gasteiger partial charge in [0.15, 0.2) is 5.79 Å². The average molecular weight is 302 g/mol. The fourth-order valence-corrected chi connectivity index (χ4v) is 2.58. The summed E-state index contributed by atoms with van der Waals surface area (Å²) in [4.78, 5) is 12.1. The van der Waals surface area contributed by atoms with Crippen LogP contribution in [0, 0.1) is 0 Å². The molecule has 2 atom stereocenters. The van der Waals surface area contributed by atoms with Crippen LogP contribution >= 0.6 is 0 Å². The molecule has 1 heterocycles. The molecular weight excluding hydrogens is 272 g/mol. The Kier molecular flexibility index (Phi) is 6.59. The van der Waals surface area contributed by atoms with Crippen LogP contribution in [0.15, 0.2) is 0 Å². The summed E-state index contributed by atoms with van der Waals surface area (Å²) in [6.45, 7) is 11.2. The third-order valence-electron chi connectivity index (χ3n) is 3.37. The molecule has 0 aromatic rings. The van der Waals surface area contributed by atoms with Gasteiger partial charge in [0.1, 0.15) is 11.6 Å². The summed E-state index contributed by atoms with van der Waals surface area (Å²) in [6.07, 6.45) is 1.28. The van der Waals surface area contributed by atoms with E-state index in [4.69, 9.17) is 19.9 Å². The zero-order chi connectivity index (χ0) is 16.1. The van der Waals surface area contributed by atoms with Crippen LogP contribution < -0.4 is 11.1 Å². The third-order valence-corrected chi connectivity index (χ3v) is 3.37. The van der Waals surface area contributed by atoms with Crippen molar-refractivity contribution >= 4 is 5.97 Å². The lowest BCUT2D eigenvalue weighted by Crippen LogP contribution is -2.60. The summed E-state index contributed by atoms with van der Waals surface area (Å²) in [5, 5.41) is 3.27. The van der Waals surface area contributed by atoms with Crippen LogP contribution in [0.2, 0.25) is 0 Å². The molecule has 3 N–H and O–H groups in total. The lowest BCUT2D eigenvalue weighted by atomic mass is 9.93. The highest BCUT2D eigenvalue weighted by atomic mass is 16.7. The zero-order valence-electron chi connectivity index (χ0n) is 13.9. The smallest absolute Gasteiger partial charge is 0.325 e. The second-order valence-corrected chi connectivity index (χ2v) is 6.35. The van der Waals surface area contributed by atoms with Crippen molar-refractivity contribution in [2.45, 2.75) is 70.9 Å². The van der Waals surface area contributed by atoms with E-state index in [2.05, 4.69) is 5.32 Å². The first-order valence-electron chi connectivity index (χ1n) is 7.73. The van der Waals surface area contributed by atoms with Crippen molar-refractivity contribution in [1.82, 2.24) is 5.32 Å². The van der Waals surface area contributed by atoms with Crippen LogP contribution in [-0.4, -0.2) is 49.2 Å². The standard InChI is InChI=1S/C15H30N2O4/c1-6-19-15(20-7-2)8-9-17-11(10-15)12(16)13(18)21-14(3,4)5/h11-12,17H,6-10,16H2,1-5H3/t11-,12?/m1/s1. The van der Waals surface area contributed by atoms with Gasteiger partial charge in [-0.1, -0.05) is 0 Å². The molecule has 6 heteroatoms. The molecule has 1 fully saturated rings. The number of nitrogens with one attached hydrogen (secondary N) is 1. The topological polar surface area (TPSA) is 82.8 Å². The van der Waals surface area contributed by atoms with Crippen LogP contribution in [0.25, 0.3) is 0 Å². The second-order valence-electron chi connectivity index (χ2n) is 6.35. The minimum absolute atomic E-state index is 0.216. The van der Waals surface area contributed by atoms with Gasteiger partial charge in [0.2, 0.25) is 0 Å². The SMILES string of the molecule is CCOC1(OCC)CCN[C@@H](C(N)C(=O)OC(C)(C)C)C1. The van der Waals surface area contributed by atoms with Gasteiger partial charge in [0.25, 0.3) is 0 Å². The molecule has 124 valence electrons. The molecule has 0 aromatic heterocycles. The van der Waals surface area contributed by atoms with Gasteiger partial charge in [-0.3, -0.25) is 4.79 Å². The van der Waals surface area contributed by atoms with Crippen molar-refractivity contribution in [2.75, 3.05) is 19.8 Å². The average Bonchev–Trinajstić information content (AvgIpc) is 2.36. The summed E-state index contributed by atoms with van der Waals surface area (Å²) in [5.41, 5.74) is 5.52. The van der Waals surface area contributed by atoms with E-state index < -0.39 is 23.4 Å². The monoisotopic (exact) mass is 302 g/mol. The second kappa shape index (κ2) is 7.54. The summed E-state index contributed by atoms with van der Waals surface area (Å²) in [5.74, 6) is -1.05. The number of hydrogen-bond acceptors (Lipinski definition) is 6. The molecule has 21 heavy (non-hydrogen) atoms. The summed E-state index contributed by atoms with van der Waals surface area (Å²) in [7, 11) is 0. The van der Waals surface area contributed by atoms with Crippen molar-refractivity contribution in [2.24, 2.45) is 5.73 Å². The molecule has 1 rings (SSSR count). The maximum absolute atomic E-state index is 12.1. The minimum atomic E-state index is -0.732. The van der Waals surface area contributed by atoms with Gasteiger partial charge < -0.3 is 25.3 Å². The number of piperidine rings is 1. The maximum Gasteiger partial charge on any atom is 0.325 e. The molecule has 0 aliphatic carbocycles. The number of esters is 1. The highest BCUT2D eigenvalue weighted by Crippen LogP contribution is 2.29. The summed E-state index contributed by atoms with van der Waals surface area (Å²) < 4.78 is 17.0. The normalized spacial score (nSPS) is 23.6. The van der Waals surface area contributed by atoms with E-state index in [1.807, 2.05) is 34.6 Å². The first-order chi connectivity index (χ1) is 9.73. The highest BCUT2D eigenvalue weighted by Gasteiger charge is 2.42. The zero-order valence-corrected chi connectivity index (χ0v) is 13.9. The number of carbonyl (C=O) groups excluding carboxylic acids is 1. The van der Waals surface area contributed by atoms with Gasteiger partial charge >= 0.3 is 5.97 Å². The van der Waals surface area contributed by atoms with Gasteiger partial charge in [-0.25, -0.2) is 0 Å². The lowest BCUT2D eigenvalue weighted by Gasteiger charge is -2.42. The van der Waals surface area contributed by atoms with E-state index in [1.54, 1.807) is 0 Å². The molecule has 0 bridgehead atoms. The number of ether oxygens (including phenoxy) is 3. The van der Waals surface area contributed by atoms with Crippen LogP contribution in [-0.2, 0) is 19.0 Å². The third kappa shape index (κ3) is 5.54. The molecule has 1 aliphatic heterocycles. The Labute approximate surface area is 127 Å². The van der Waals surface area contributed by atoms with Crippen LogP contribution in [0.5, 0.6) is 0 Å². The Morgan fingerprint density at radius 3 is 2.38 bits per heavy atom. The summed E-state index contributed by atoms with van der Waals surface area (Å²) >= 11 is 0. The van der Waals surface area contributed by atoms with Gasteiger partial charge in [0.05, 0.1) is 0 Å². The van der Waals surface area contributed by atoms with Gasteiger partial charge in [0, 0.05) is 38.6 Å². The van der Waals surface area contributed by atoms with E-state index in [0.717, 1.165) is 6.42 Å². The molecule has 1 unspecified atom stereocenters. The fraction of sp³-hybridized carbons (Fsp3) is 0.933. The van der Waals surface area contributed by atoms with Gasteiger partial charge in [-0.05, 0) is 34.6 Å². The maximum atomic E-state index is 12.1. The molecule has 0 radical (unpaired) electrons. The molecule has 0 amide bonds.